The second-order valence-electron chi connectivity index (χ2n) is 5.78. The van der Waals surface area contributed by atoms with Crippen LogP contribution in [0.1, 0.15) is 45.2 Å². The molecule has 0 radical (unpaired) electrons. The van der Waals surface area contributed by atoms with Gasteiger partial charge in [0.2, 0.25) is 0 Å². The normalized spacial score (nSPS) is 20.9. The van der Waals surface area contributed by atoms with E-state index in [1.54, 1.807) is 0 Å². The first-order valence-electron chi connectivity index (χ1n) is 5.64. The molecule has 1 heteroatoms. The van der Waals surface area contributed by atoms with E-state index in [9.17, 15) is 0 Å². The van der Waals surface area contributed by atoms with Crippen LogP contribution in [0.3, 0.4) is 0 Å². The summed E-state index contributed by atoms with van der Waals surface area (Å²) >= 11 is 1.97. The first kappa shape index (κ1) is 11.6. The zero-order valence-corrected chi connectivity index (χ0v) is 11.2. The molecule has 16 heavy (non-hydrogen) atoms. The smallest absolute Gasteiger partial charge is 0.0246 e. The fourth-order valence-corrected chi connectivity index (χ4v) is 4.34. The highest BCUT2D eigenvalue weighted by Gasteiger charge is 2.37. The number of hydrogen-bond donors (Lipinski definition) is 0. The minimum atomic E-state index is 0.219. The summed E-state index contributed by atoms with van der Waals surface area (Å²) in [7, 11) is 0. The standard InChI is InChI=1S/C15H18S/c1-6-11-7-8-13-12(9-11)14(2,3)10-15(4,5)16-13/h1,7-9H,10H2,2-5H3. The fourth-order valence-electron chi connectivity index (χ4n) is 2.73. The average molecular weight is 230 g/mol. The molecule has 1 aromatic carbocycles. The molecule has 84 valence electrons. The highest BCUT2D eigenvalue weighted by Crippen LogP contribution is 2.50. The Hall–Kier alpha value is -0.870. The van der Waals surface area contributed by atoms with Gasteiger partial charge in [0.05, 0.1) is 0 Å². The van der Waals surface area contributed by atoms with E-state index in [2.05, 4.69) is 45.7 Å². The van der Waals surface area contributed by atoms with Crippen LogP contribution in [-0.2, 0) is 5.41 Å². The summed E-state index contributed by atoms with van der Waals surface area (Å²) < 4.78 is 0.314. The molecule has 0 N–H and O–H groups in total. The minimum absolute atomic E-state index is 0.219. The molecule has 0 saturated carbocycles. The largest absolute Gasteiger partial charge is 0.120 e. The van der Waals surface area contributed by atoms with Gasteiger partial charge in [-0.3, -0.25) is 0 Å². The van der Waals surface area contributed by atoms with Gasteiger partial charge in [0, 0.05) is 15.2 Å². The summed E-state index contributed by atoms with van der Waals surface area (Å²) in [6, 6.07) is 6.40. The zero-order valence-electron chi connectivity index (χ0n) is 10.4. The Balaban J connectivity index is 2.57. The molecule has 1 aliphatic rings. The molecule has 0 atom stereocenters. The molecule has 0 bridgehead atoms. The van der Waals surface area contributed by atoms with E-state index in [1.807, 2.05) is 17.8 Å². The van der Waals surface area contributed by atoms with Gasteiger partial charge in [0.25, 0.3) is 0 Å². The second-order valence-corrected chi connectivity index (χ2v) is 7.53. The predicted molar refractivity (Wildman–Crippen MR) is 72.0 cm³/mol. The Morgan fingerprint density at radius 2 is 1.94 bits per heavy atom. The fraction of sp³-hybridized carbons (Fsp3) is 0.467. The molecule has 2 rings (SSSR count). The third-order valence-electron chi connectivity index (χ3n) is 3.13. The van der Waals surface area contributed by atoms with Crippen LogP contribution in [0.15, 0.2) is 23.1 Å². The van der Waals surface area contributed by atoms with Crippen LogP contribution < -0.4 is 0 Å². The molecular weight excluding hydrogens is 212 g/mol. The monoisotopic (exact) mass is 230 g/mol. The molecule has 0 saturated heterocycles. The Bertz CT molecular complexity index is 461. The molecule has 0 aromatic heterocycles. The Kier molecular flexibility index (Phi) is 2.59. The van der Waals surface area contributed by atoms with Crippen LogP contribution >= 0.6 is 11.8 Å². The van der Waals surface area contributed by atoms with Crippen LogP contribution in [0.25, 0.3) is 0 Å². The van der Waals surface area contributed by atoms with Gasteiger partial charge in [-0.1, -0.05) is 33.6 Å². The molecule has 0 aliphatic carbocycles. The van der Waals surface area contributed by atoms with Crippen molar-refractivity contribution in [3.63, 3.8) is 0 Å². The van der Waals surface area contributed by atoms with Crippen LogP contribution in [-0.4, -0.2) is 4.75 Å². The average Bonchev–Trinajstić information content (AvgIpc) is 2.14. The molecular formula is C15H18S. The number of fused-ring (bicyclic) bond motifs is 1. The lowest BCUT2D eigenvalue weighted by atomic mass is 9.76. The molecule has 1 aromatic rings. The lowest BCUT2D eigenvalue weighted by Crippen LogP contribution is -2.33. The zero-order chi connectivity index (χ0) is 12.0. The lowest BCUT2D eigenvalue weighted by molar-refractivity contribution is 0.408. The topological polar surface area (TPSA) is 0 Å². The van der Waals surface area contributed by atoms with E-state index in [4.69, 9.17) is 6.42 Å². The Morgan fingerprint density at radius 1 is 1.25 bits per heavy atom. The molecule has 1 aliphatic heterocycles. The number of rotatable bonds is 0. The summed E-state index contributed by atoms with van der Waals surface area (Å²) in [5.74, 6) is 2.73. The van der Waals surface area contributed by atoms with E-state index in [0.29, 0.717) is 4.75 Å². The van der Waals surface area contributed by atoms with Crippen molar-refractivity contribution in [3.8, 4) is 12.3 Å². The predicted octanol–water partition coefficient (Wildman–Crippen LogP) is 4.22. The van der Waals surface area contributed by atoms with Gasteiger partial charge in [0.15, 0.2) is 0 Å². The molecule has 0 spiro atoms. The summed E-state index contributed by atoms with van der Waals surface area (Å²) in [5, 5.41) is 0. The Labute approximate surface area is 103 Å². The van der Waals surface area contributed by atoms with Crippen molar-refractivity contribution in [1.29, 1.82) is 0 Å². The van der Waals surface area contributed by atoms with Gasteiger partial charge >= 0.3 is 0 Å². The van der Waals surface area contributed by atoms with Crippen molar-refractivity contribution < 1.29 is 0 Å². The van der Waals surface area contributed by atoms with Crippen molar-refractivity contribution in [1.82, 2.24) is 0 Å². The first-order valence-corrected chi connectivity index (χ1v) is 6.46. The van der Waals surface area contributed by atoms with E-state index in [-0.39, 0.29) is 5.41 Å². The molecule has 0 fully saturated rings. The third kappa shape index (κ3) is 1.99. The maximum Gasteiger partial charge on any atom is 0.0246 e. The maximum atomic E-state index is 5.47. The van der Waals surface area contributed by atoms with E-state index >= 15 is 0 Å². The number of thioether (sulfide) groups is 1. The number of benzene rings is 1. The van der Waals surface area contributed by atoms with Crippen LogP contribution in [0.2, 0.25) is 0 Å². The van der Waals surface area contributed by atoms with Crippen molar-refractivity contribution in [3.05, 3.63) is 29.3 Å². The van der Waals surface area contributed by atoms with Crippen LogP contribution in [0.4, 0.5) is 0 Å². The van der Waals surface area contributed by atoms with Gasteiger partial charge in [-0.25, -0.2) is 0 Å². The van der Waals surface area contributed by atoms with Gasteiger partial charge in [-0.2, -0.15) is 0 Å². The SMILES string of the molecule is C#Cc1ccc2c(c1)C(C)(C)CC(C)(C)S2. The molecule has 0 unspecified atom stereocenters. The van der Waals surface area contributed by atoms with E-state index in [0.717, 1.165) is 5.56 Å². The minimum Gasteiger partial charge on any atom is -0.120 e. The van der Waals surface area contributed by atoms with E-state index in [1.165, 1.54) is 16.9 Å². The Morgan fingerprint density at radius 3 is 2.56 bits per heavy atom. The summed E-state index contributed by atoms with van der Waals surface area (Å²) in [4.78, 5) is 1.39. The maximum absolute atomic E-state index is 5.47. The van der Waals surface area contributed by atoms with E-state index < -0.39 is 0 Å². The van der Waals surface area contributed by atoms with Crippen molar-refractivity contribution in [2.45, 2.75) is 49.2 Å². The highest BCUT2D eigenvalue weighted by atomic mass is 32.2. The number of terminal acetylenes is 1. The van der Waals surface area contributed by atoms with Crippen molar-refractivity contribution in [2.24, 2.45) is 0 Å². The lowest BCUT2D eigenvalue weighted by Gasteiger charge is -2.41. The highest BCUT2D eigenvalue weighted by molar-refractivity contribution is 8.00. The second kappa shape index (κ2) is 3.57. The molecule has 1 heterocycles. The van der Waals surface area contributed by atoms with Gasteiger partial charge in [0.1, 0.15) is 0 Å². The summed E-state index contributed by atoms with van der Waals surface area (Å²) in [6.45, 7) is 9.26. The number of hydrogen-bond acceptors (Lipinski definition) is 1. The van der Waals surface area contributed by atoms with Gasteiger partial charge in [-0.15, -0.1) is 18.2 Å². The summed E-state index contributed by atoms with van der Waals surface area (Å²) in [5.41, 5.74) is 2.62. The van der Waals surface area contributed by atoms with Gasteiger partial charge < -0.3 is 0 Å². The van der Waals surface area contributed by atoms with Crippen LogP contribution in [0, 0.1) is 12.3 Å². The third-order valence-corrected chi connectivity index (χ3v) is 4.40. The van der Waals surface area contributed by atoms with Gasteiger partial charge in [-0.05, 0) is 35.6 Å². The molecule has 0 amide bonds. The van der Waals surface area contributed by atoms with Crippen molar-refractivity contribution in [2.75, 3.05) is 0 Å². The molecule has 0 nitrogen and oxygen atoms in total. The van der Waals surface area contributed by atoms with Crippen LogP contribution in [0.5, 0.6) is 0 Å². The van der Waals surface area contributed by atoms with Crippen molar-refractivity contribution >= 4 is 11.8 Å². The summed E-state index contributed by atoms with van der Waals surface area (Å²) in [6.07, 6.45) is 6.65. The first-order chi connectivity index (χ1) is 7.34. The quantitative estimate of drug-likeness (QED) is 0.601.